The lowest BCUT2D eigenvalue weighted by Crippen LogP contribution is -2.32. The Bertz CT molecular complexity index is 876. The molecule has 0 bridgehead atoms. The molecule has 1 aromatic carbocycles. The minimum absolute atomic E-state index is 0.0214. The van der Waals surface area contributed by atoms with Crippen molar-refractivity contribution in [2.45, 2.75) is 51.4 Å². The first-order chi connectivity index (χ1) is 13.7. The highest BCUT2D eigenvalue weighted by Crippen LogP contribution is 2.30. The lowest BCUT2D eigenvalue weighted by molar-refractivity contribution is -0.0494. The Balaban J connectivity index is 1.53. The summed E-state index contributed by atoms with van der Waals surface area (Å²) in [5.74, 6) is 1.56. The van der Waals surface area contributed by atoms with Crippen molar-refractivity contribution in [3.8, 4) is 17.1 Å². The van der Waals surface area contributed by atoms with Gasteiger partial charge in [0.15, 0.2) is 0 Å². The molecule has 8 heteroatoms. The third-order valence-electron chi connectivity index (χ3n) is 4.93. The van der Waals surface area contributed by atoms with Crippen LogP contribution in [0.2, 0.25) is 0 Å². The van der Waals surface area contributed by atoms with Crippen LogP contribution in [-0.2, 0) is 13.1 Å². The van der Waals surface area contributed by atoms with Crippen LogP contribution >= 0.6 is 0 Å². The molecule has 148 valence electrons. The Kier molecular flexibility index (Phi) is 5.66. The highest BCUT2D eigenvalue weighted by molar-refractivity contribution is 5.63. The van der Waals surface area contributed by atoms with Crippen molar-refractivity contribution in [3.63, 3.8) is 0 Å². The van der Waals surface area contributed by atoms with Crippen LogP contribution in [0.4, 0.5) is 8.78 Å². The van der Waals surface area contributed by atoms with Crippen LogP contribution in [0.5, 0.6) is 5.75 Å². The fourth-order valence-electron chi connectivity index (χ4n) is 3.64. The number of alkyl halides is 2. The van der Waals surface area contributed by atoms with Gasteiger partial charge in [0.1, 0.15) is 11.5 Å². The number of hydrogen-bond donors (Lipinski definition) is 0. The molecule has 6 nitrogen and oxygen atoms in total. The van der Waals surface area contributed by atoms with Crippen LogP contribution in [-0.4, -0.2) is 27.7 Å². The van der Waals surface area contributed by atoms with Gasteiger partial charge in [0.2, 0.25) is 11.7 Å². The molecule has 2 heterocycles. The van der Waals surface area contributed by atoms with Gasteiger partial charge < -0.3 is 13.7 Å². The molecule has 28 heavy (non-hydrogen) atoms. The van der Waals surface area contributed by atoms with Gasteiger partial charge in [-0.05, 0) is 37.1 Å². The fourth-order valence-corrected chi connectivity index (χ4v) is 3.64. The van der Waals surface area contributed by atoms with Crippen molar-refractivity contribution in [1.29, 1.82) is 0 Å². The van der Waals surface area contributed by atoms with E-state index in [1.807, 2.05) is 12.1 Å². The second-order valence-corrected chi connectivity index (χ2v) is 6.81. The number of aromatic nitrogens is 2. The van der Waals surface area contributed by atoms with E-state index in [2.05, 4.69) is 19.8 Å². The molecule has 0 amide bonds. The number of furan rings is 1. The Morgan fingerprint density at radius 3 is 2.68 bits per heavy atom. The summed E-state index contributed by atoms with van der Waals surface area (Å²) in [4.78, 5) is 6.68. The molecule has 0 radical (unpaired) electrons. The molecule has 1 aliphatic rings. The second-order valence-electron chi connectivity index (χ2n) is 6.81. The third-order valence-corrected chi connectivity index (χ3v) is 4.93. The molecule has 0 saturated heterocycles. The smallest absolute Gasteiger partial charge is 0.387 e. The molecule has 3 aromatic rings. The largest absolute Gasteiger partial charge is 0.468 e. The Morgan fingerprint density at radius 1 is 1.11 bits per heavy atom. The molecule has 1 aliphatic carbocycles. The van der Waals surface area contributed by atoms with Gasteiger partial charge >= 0.3 is 6.61 Å². The average Bonchev–Trinajstić information content (AvgIpc) is 3.44. The maximum atomic E-state index is 12.6. The van der Waals surface area contributed by atoms with Crippen molar-refractivity contribution in [1.82, 2.24) is 15.0 Å². The highest BCUT2D eigenvalue weighted by Gasteiger charge is 2.26. The van der Waals surface area contributed by atoms with E-state index in [0.29, 0.717) is 30.6 Å². The van der Waals surface area contributed by atoms with Gasteiger partial charge in [-0.3, -0.25) is 4.90 Å². The highest BCUT2D eigenvalue weighted by atomic mass is 19.3. The lowest BCUT2D eigenvalue weighted by Gasteiger charge is -2.26. The summed E-state index contributed by atoms with van der Waals surface area (Å²) >= 11 is 0. The Labute approximate surface area is 161 Å². The predicted molar refractivity (Wildman–Crippen MR) is 96.6 cm³/mol. The minimum Gasteiger partial charge on any atom is -0.468 e. The van der Waals surface area contributed by atoms with Crippen LogP contribution < -0.4 is 4.74 Å². The van der Waals surface area contributed by atoms with E-state index in [-0.39, 0.29) is 11.6 Å². The normalized spacial score (nSPS) is 15.0. The van der Waals surface area contributed by atoms with Gasteiger partial charge in [0.05, 0.1) is 24.9 Å². The topological polar surface area (TPSA) is 64.5 Å². The van der Waals surface area contributed by atoms with E-state index >= 15 is 0 Å². The summed E-state index contributed by atoms with van der Waals surface area (Å²) in [5, 5.41) is 3.97. The van der Waals surface area contributed by atoms with Gasteiger partial charge in [-0.2, -0.15) is 13.8 Å². The third kappa shape index (κ3) is 4.39. The molecule has 1 fully saturated rings. The fraction of sp³-hybridized carbons (Fsp3) is 0.400. The molecule has 0 unspecified atom stereocenters. The van der Waals surface area contributed by atoms with Crippen LogP contribution in [0.25, 0.3) is 11.4 Å². The monoisotopic (exact) mass is 389 g/mol. The molecule has 0 N–H and O–H groups in total. The maximum absolute atomic E-state index is 12.6. The summed E-state index contributed by atoms with van der Waals surface area (Å²) in [6.45, 7) is -1.80. The quantitative estimate of drug-likeness (QED) is 0.547. The van der Waals surface area contributed by atoms with Crippen LogP contribution in [0.1, 0.15) is 37.3 Å². The number of hydrogen-bond acceptors (Lipinski definition) is 6. The van der Waals surface area contributed by atoms with Crippen molar-refractivity contribution >= 4 is 0 Å². The molecule has 0 atom stereocenters. The van der Waals surface area contributed by atoms with E-state index in [4.69, 9.17) is 8.94 Å². The minimum atomic E-state index is -2.92. The summed E-state index contributed by atoms with van der Waals surface area (Å²) in [6, 6.07) is 10.7. The lowest BCUT2D eigenvalue weighted by atomic mass is 10.2. The zero-order chi connectivity index (χ0) is 19.3. The SMILES string of the molecule is FC(F)Oc1ccccc1-c1noc(CN(Cc2ccco2)C2CCCC2)n1. The van der Waals surface area contributed by atoms with E-state index in [1.165, 1.54) is 18.9 Å². The average molecular weight is 389 g/mol. The molecule has 1 saturated carbocycles. The van der Waals surface area contributed by atoms with Crippen molar-refractivity contribution in [2.24, 2.45) is 0 Å². The molecular weight excluding hydrogens is 368 g/mol. The van der Waals surface area contributed by atoms with E-state index < -0.39 is 6.61 Å². The number of para-hydroxylation sites is 1. The van der Waals surface area contributed by atoms with E-state index in [0.717, 1.165) is 18.6 Å². The maximum Gasteiger partial charge on any atom is 0.387 e. The van der Waals surface area contributed by atoms with Crippen molar-refractivity contribution in [3.05, 3.63) is 54.3 Å². The summed E-state index contributed by atoms with van der Waals surface area (Å²) < 4.78 is 40.8. The standard InChI is InChI=1S/C20H21F2N3O3/c21-20(22)27-17-10-4-3-9-16(17)19-23-18(28-24-19)13-25(14-6-1-2-7-14)12-15-8-5-11-26-15/h3-5,8-11,14,20H,1-2,6-7,12-13H2. The zero-order valence-electron chi connectivity index (χ0n) is 15.3. The van der Waals surface area contributed by atoms with E-state index in [1.54, 1.807) is 24.5 Å². The second kappa shape index (κ2) is 8.52. The molecule has 4 rings (SSSR count). The number of ether oxygens (including phenoxy) is 1. The van der Waals surface area contributed by atoms with Crippen molar-refractivity contribution in [2.75, 3.05) is 0 Å². The van der Waals surface area contributed by atoms with Gasteiger partial charge in [-0.15, -0.1) is 0 Å². The summed E-state index contributed by atoms with van der Waals surface area (Å²) in [6.07, 6.45) is 6.30. The van der Waals surface area contributed by atoms with Gasteiger partial charge in [0.25, 0.3) is 0 Å². The molecular formula is C20H21F2N3O3. The summed E-state index contributed by atoms with van der Waals surface area (Å²) in [5.41, 5.74) is 0.372. The van der Waals surface area contributed by atoms with Crippen LogP contribution in [0, 0.1) is 0 Å². The summed E-state index contributed by atoms with van der Waals surface area (Å²) in [7, 11) is 0. The number of benzene rings is 1. The first kappa shape index (κ1) is 18.6. The molecule has 0 aliphatic heterocycles. The van der Waals surface area contributed by atoms with Crippen molar-refractivity contribution < 1.29 is 22.5 Å². The van der Waals surface area contributed by atoms with Gasteiger partial charge in [0, 0.05) is 6.04 Å². The number of nitrogens with zero attached hydrogens (tertiary/aromatic N) is 3. The molecule has 2 aromatic heterocycles. The Morgan fingerprint density at radius 2 is 1.93 bits per heavy atom. The van der Waals surface area contributed by atoms with Crippen LogP contribution in [0.3, 0.4) is 0 Å². The number of halogens is 2. The molecule has 0 spiro atoms. The number of rotatable bonds is 8. The van der Waals surface area contributed by atoms with Gasteiger partial charge in [-0.1, -0.05) is 30.1 Å². The zero-order valence-corrected chi connectivity index (χ0v) is 15.3. The Hall–Kier alpha value is -2.74. The van der Waals surface area contributed by atoms with E-state index in [9.17, 15) is 8.78 Å². The first-order valence-corrected chi connectivity index (χ1v) is 9.32. The van der Waals surface area contributed by atoms with Crippen LogP contribution in [0.15, 0.2) is 51.6 Å². The van der Waals surface area contributed by atoms with Gasteiger partial charge in [-0.25, -0.2) is 0 Å². The first-order valence-electron chi connectivity index (χ1n) is 9.32. The predicted octanol–water partition coefficient (Wildman–Crippen LogP) is 4.88.